The second-order valence-electron chi connectivity index (χ2n) is 6.46. The maximum atomic E-state index is 12.5. The molecule has 0 aromatic heterocycles. The lowest BCUT2D eigenvalue weighted by molar-refractivity contribution is -0.127. The van der Waals surface area contributed by atoms with E-state index < -0.39 is 0 Å². The predicted molar refractivity (Wildman–Crippen MR) is 90.1 cm³/mol. The summed E-state index contributed by atoms with van der Waals surface area (Å²) in [6.45, 7) is 4.30. The molecule has 0 spiro atoms. The van der Waals surface area contributed by atoms with E-state index >= 15 is 0 Å². The van der Waals surface area contributed by atoms with Crippen LogP contribution < -0.4 is 15.5 Å². The molecule has 3 rings (SSSR count). The van der Waals surface area contributed by atoms with Crippen LogP contribution in [0, 0.1) is 0 Å². The summed E-state index contributed by atoms with van der Waals surface area (Å²) in [6.07, 6.45) is 4.35. The summed E-state index contributed by atoms with van der Waals surface area (Å²) in [6, 6.07) is 7.91. The molecule has 2 fully saturated rings. The van der Waals surface area contributed by atoms with Crippen LogP contribution in [0.5, 0.6) is 0 Å². The number of hydrogen-bond donors (Lipinski definition) is 2. The summed E-state index contributed by atoms with van der Waals surface area (Å²) in [5, 5.41) is 6.40. The van der Waals surface area contributed by atoms with Gasteiger partial charge >= 0.3 is 0 Å². The van der Waals surface area contributed by atoms with E-state index in [1.807, 2.05) is 29.2 Å². The highest BCUT2D eigenvalue weighted by molar-refractivity contribution is 5.95. The van der Waals surface area contributed by atoms with E-state index in [1.54, 1.807) is 0 Å². The van der Waals surface area contributed by atoms with Gasteiger partial charge in [0.05, 0.1) is 5.54 Å². The second kappa shape index (κ2) is 6.71. The van der Waals surface area contributed by atoms with Crippen LogP contribution in [-0.4, -0.2) is 30.4 Å². The van der Waals surface area contributed by atoms with Gasteiger partial charge in [0.25, 0.3) is 0 Å². The molecule has 5 nitrogen and oxygen atoms in total. The quantitative estimate of drug-likeness (QED) is 0.873. The van der Waals surface area contributed by atoms with Crippen LogP contribution in [0.3, 0.4) is 0 Å². The Morgan fingerprint density at radius 3 is 2.65 bits per heavy atom. The van der Waals surface area contributed by atoms with E-state index in [1.165, 1.54) is 0 Å². The van der Waals surface area contributed by atoms with Gasteiger partial charge in [0.15, 0.2) is 0 Å². The molecule has 1 atom stereocenters. The number of carbonyl (C=O) groups is 2. The fourth-order valence-electron chi connectivity index (χ4n) is 3.53. The number of benzene rings is 1. The Balaban J connectivity index is 1.58. The van der Waals surface area contributed by atoms with Crippen molar-refractivity contribution in [2.45, 2.75) is 51.1 Å². The molecule has 0 aliphatic carbocycles. The van der Waals surface area contributed by atoms with Gasteiger partial charge in [-0.25, -0.2) is 0 Å². The third kappa shape index (κ3) is 3.24. The lowest BCUT2D eigenvalue weighted by Crippen LogP contribution is -2.52. The minimum absolute atomic E-state index is 0.0938. The number of carbonyl (C=O) groups excluding carboxylic acids is 2. The number of rotatable bonds is 5. The third-order valence-corrected chi connectivity index (χ3v) is 5.06. The molecule has 0 radical (unpaired) electrons. The van der Waals surface area contributed by atoms with Crippen LogP contribution in [-0.2, 0) is 16.1 Å². The highest BCUT2D eigenvalue weighted by Gasteiger charge is 2.38. The molecular weight excluding hydrogens is 290 g/mol. The largest absolute Gasteiger partial charge is 0.350 e. The van der Waals surface area contributed by atoms with E-state index in [0.717, 1.165) is 50.0 Å². The molecule has 1 unspecified atom stereocenters. The van der Waals surface area contributed by atoms with Crippen molar-refractivity contribution in [2.24, 2.45) is 0 Å². The summed E-state index contributed by atoms with van der Waals surface area (Å²) in [4.78, 5) is 26.0. The molecule has 5 heteroatoms. The molecule has 124 valence electrons. The van der Waals surface area contributed by atoms with Crippen LogP contribution in [0.1, 0.15) is 44.6 Å². The highest BCUT2D eigenvalue weighted by Crippen LogP contribution is 2.24. The molecule has 0 saturated carbocycles. The third-order valence-electron chi connectivity index (χ3n) is 5.06. The molecule has 2 heterocycles. The van der Waals surface area contributed by atoms with E-state index in [0.29, 0.717) is 13.0 Å². The second-order valence-corrected chi connectivity index (χ2v) is 6.46. The van der Waals surface area contributed by atoms with Gasteiger partial charge < -0.3 is 15.5 Å². The highest BCUT2D eigenvalue weighted by atomic mass is 16.2. The van der Waals surface area contributed by atoms with Crippen LogP contribution in [0.4, 0.5) is 5.69 Å². The summed E-state index contributed by atoms with van der Waals surface area (Å²) < 4.78 is 0. The zero-order valence-corrected chi connectivity index (χ0v) is 13.7. The Labute approximate surface area is 137 Å². The molecule has 2 aliphatic rings. The van der Waals surface area contributed by atoms with E-state index in [9.17, 15) is 9.59 Å². The van der Waals surface area contributed by atoms with Crippen molar-refractivity contribution in [3.05, 3.63) is 29.8 Å². The molecular formula is C18H25N3O2. The van der Waals surface area contributed by atoms with Crippen LogP contribution in [0.15, 0.2) is 24.3 Å². The minimum Gasteiger partial charge on any atom is -0.350 e. The fraction of sp³-hybridized carbons (Fsp3) is 0.556. The number of nitrogens with one attached hydrogen (secondary N) is 2. The first kappa shape index (κ1) is 16.0. The van der Waals surface area contributed by atoms with Crippen molar-refractivity contribution >= 4 is 17.5 Å². The zero-order chi connectivity index (χ0) is 16.3. The summed E-state index contributed by atoms with van der Waals surface area (Å²) in [7, 11) is 0. The maximum absolute atomic E-state index is 12.5. The summed E-state index contributed by atoms with van der Waals surface area (Å²) in [5.74, 6) is 0.291. The molecule has 1 aromatic carbocycles. The number of anilines is 1. The van der Waals surface area contributed by atoms with Gasteiger partial charge in [0.2, 0.25) is 11.8 Å². The Morgan fingerprint density at radius 2 is 2.09 bits per heavy atom. The molecule has 2 N–H and O–H groups in total. The van der Waals surface area contributed by atoms with E-state index in [4.69, 9.17) is 0 Å². The van der Waals surface area contributed by atoms with Gasteiger partial charge in [-0.15, -0.1) is 0 Å². The van der Waals surface area contributed by atoms with Crippen molar-refractivity contribution in [3.8, 4) is 0 Å². The monoisotopic (exact) mass is 315 g/mol. The van der Waals surface area contributed by atoms with Crippen LogP contribution >= 0.6 is 0 Å². The van der Waals surface area contributed by atoms with Crippen molar-refractivity contribution in [1.29, 1.82) is 0 Å². The van der Waals surface area contributed by atoms with Crippen molar-refractivity contribution < 1.29 is 9.59 Å². The molecule has 2 amide bonds. The Hall–Kier alpha value is -1.88. The van der Waals surface area contributed by atoms with E-state index in [-0.39, 0.29) is 17.4 Å². The SMILES string of the molecule is CCC1(C(=O)NCc2ccc(N3CCCC3=O)cc2)CCCN1. The van der Waals surface area contributed by atoms with Gasteiger partial charge in [-0.3, -0.25) is 9.59 Å². The van der Waals surface area contributed by atoms with Gasteiger partial charge in [0, 0.05) is 25.2 Å². The Morgan fingerprint density at radius 1 is 1.30 bits per heavy atom. The first-order valence-electron chi connectivity index (χ1n) is 8.57. The number of nitrogens with zero attached hydrogens (tertiary/aromatic N) is 1. The van der Waals surface area contributed by atoms with Gasteiger partial charge in [-0.05, 0) is 49.9 Å². The minimum atomic E-state index is -0.387. The normalized spacial score (nSPS) is 24.2. The van der Waals surface area contributed by atoms with Crippen molar-refractivity contribution in [3.63, 3.8) is 0 Å². The zero-order valence-electron chi connectivity index (χ0n) is 13.7. The average molecular weight is 315 g/mol. The average Bonchev–Trinajstić information content (AvgIpc) is 3.23. The fourth-order valence-corrected chi connectivity index (χ4v) is 3.53. The summed E-state index contributed by atoms with van der Waals surface area (Å²) in [5.41, 5.74) is 1.62. The molecule has 2 aliphatic heterocycles. The van der Waals surface area contributed by atoms with Crippen molar-refractivity contribution in [2.75, 3.05) is 18.0 Å². The lowest BCUT2D eigenvalue weighted by Gasteiger charge is -2.26. The number of hydrogen-bond acceptors (Lipinski definition) is 3. The van der Waals surface area contributed by atoms with Crippen LogP contribution in [0.2, 0.25) is 0 Å². The van der Waals surface area contributed by atoms with Gasteiger partial charge in [0.1, 0.15) is 0 Å². The Kier molecular flexibility index (Phi) is 4.66. The number of amides is 2. The first-order chi connectivity index (χ1) is 11.1. The molecule has 2 saturated heterocycles. The Bertz CT molecular complexity index is 576. The standard InChI is InChI=1S/C18H25N3O2/c1-2-18(10-4-11-20-18)17(23)19-13-14-6-8-15(9-7-14)21-12-3-5-16(21)22/h6-9,20H,2-5,10-13H2,1H3,(H,19,23). The van der Waals surface area contributed by atoms with E-state index in [2.05, 4.69) is 17.6 Å². The van der Waals surface area contributed by atoms with Gasteiger partial charge in [-0.1, -0.05) is 19.1 Å². The van der Waals surface area contributed by atoms with Gasteiger partial charge in [-0.2, -0.15) is 0 Å². The lowest BCUT2D eigenvalue weighted by atomic mass is 9.93. The summed E-state index contributed by atoms with van der Waals surface area (Å²) >= 11 is 0. The molecule has 23 heavy (non-hydrogen) atoms. The van der Waals surface area contributed by atoms with Crippen LogP contribution in [0.25, 0.3) is 0 Å². The molecule has 0 bridgehead atoms. The van der Waals surface area contributed by atoms with Crippen molar-refractivity contribution in [1.82, 2.24) is 10.6 Å². The molecule has 1 aromatic rings. The first-order valence-corrected chi connectivity index (χ1v) is 8.57. The topological polar surface area (TPSA) is 61.4 Å². The predicted octanol–water partition coefficient (Wildman–Crippen LogP) is 1.96. The smallest absolute Gasteiger partial charge is 0.240 e. The maximum Gasteiger partial charge on any atom is 0.240 e.